The molecular formula is C13H10Cl2O2S2. The van der Waals surface area contributed by atoms with Crippen LogP contribution in [0.2, 0.25) is 10.0 Å². The molecule has 0 unspecified atom stereocenters. The molecule has 0 amide bonds. The Bertz CT molecular complexity index is 591. The van der Waals surface area contributed by atoms with Crippen LogP contribution in [0.1, 0.15) is 0 Å². The van der Waals surface area contributed by atoms with Gasteiger partial charge in [0.15, 0.2) is 0 Å². The summed E-state index contributed by atoms with van der Waals surface area (Å²) in [5.74, 6) is 0.936. The van der Waals surface area contributed by atoms with Crippen LogP contribution in [-0.2, 0) is 0 Å². The summed E-state index contributed by atoms with van der Waals surface area (Å²) in [5, 5.41) is 11.0. The van der Waals surface area contributed by atoms with Crippen molar-refractivity contribution in [1.29, 1.82) is 0 Å². The smallest absolute Gasteiger partial charge is 0.133 e. The molecule has 2 rings (SSSR count). The standard InChI is InChI=1S/C13H10Cl2O2S2/c1-17-11-5-3-9(15)7-13(11)19-18-12-6-8(14)2-4-10(12)16/h2-7,16H,1H3. The number of ether oxygens (including phenoxy) is 1. The highest BCUT2D eigenvalue weighted by molar-refractivity contribution is 8.76. The lowest BCUT2D eigenvalue weighted by Crippen LogP contribution is -1.84. The molecule has 0 aliphatic rings. The number of phenolic OH excluding ortho intramolecular Hbond substituents is 1. The van der Waals surface area contributed by atoms with E-state index in [0.717, 1.165) is 10.6 Å². The van der Waals surface area contributed by atoms with Gasteiger partial charge in [-0.25, -0.2) is 0 Å². The van der Waals surface area contributed by atoms with E-state index in [1.165, 1.54) is 21.6 Å². The van der Waals surface area contributed by atoms with Crippen molar-refractivity contribution >= 4 is 44.8 Å². The Morgan fingerprint density at radius 3 is 2.21 bits per heavy atom. The highest BCUT2D eigenvalue weighted by atomic mass is 35.5. The van der Waals surface area contributed by atoms with Crippen molar-refractivity contribution in [3.05, 3.63) is 46.4 Å². The Labute approximate surface area is 129 Å². The van der Waals surface area contributed by atoms with Crippen LogP contribution in [0.3, 0.4) is 0 Å². The molecule has 0 aliphatic carbocycles. The first kappa shape index (κ1) is 14.7. The van der Waals surface area contributed by atoms with Gasteiger partial charge >= 0.3 is 0 Å². The zero-order valence-corrected chi connectivity index (χ0v) is 13.0. The summed E-state index contributed by atoms with van der Waals surface area (Å²) in [5.41, 5.74) is 0. The summed E-state index contributed by atoms with van der Waals surface area (Å²) in [6.07, 6.45) is 0. The van der Waals surface area contributed by atoms with Crippen LogP contribution in [0.25, 0.3) is 0 Å². The zero-order chi connectivity index (χ0) is 13.8. The molecule has 0 aliphatic heterocycles. The molecule has 0 heterocycles. The highest BCUT2D eigenvalue weighted by Crippen LogP contribution is 2.45. The molecule has 100 valence electrons. The van der Waals surface area contributed by atoms with Gasteiger partial charge in [-0.15, -0.1) is 0 Å². The van der Waals surface area contributed by atoms with Gasteiger partial charge in [0.25, 0.3) is 0 Å². The minimum absolute atomic E-state index is 0.197. The molecule has 0 fully saturated rings. The molecule has 0 atom stereocenters. The molecule has 2 aromatic carbocycles. The average molecular weight is 333 g/mol. The van der Waals surface area contributed by atoms with E-state index in [1.807, 2.05) is 12.1 Å². The van der Waals surface area contributed by atoms with Crippen LogP contribution in [0, 0.1) is 0 Å². The van der Waals surface area contributed by atoms with E-state index in [1.54, 1.807) is 31.4 Å². The van der Waals surface area contributed by atoms with Crippen molar-refractivity contribution < 1.29 is 9.84 Å². The second kappa shape index (κ2) is 6.66. The molecule has 19 heavy (non-hydrogen) atoms. The van der Waals surface area contributed by atoms with Crippen LogP contribution < -0.4 is 4.74 Å². The van der Waals surface area contributed by atoms with Crippen LogP contribution >= 0.6 is 44.8 Å². The molecular weight excluding hydrogens is 323 g/mol. The maximum Gasteiger partial charge on any atom is 0.133 e. The van der Waals surface area contributed by atoms with E-state index in [-0.39, 0.29) is 5.75 Å². The average Bonchev–Trinajstić information content (AvgIpc) is 2.40. The summed E-state index contributed by atoms with van der Waals surface area (Å²) in [6.45, 7) is 0. The summed E-state index contributed by atoms with van der Waals surface area (Å²) in [7, 11) is 4.45. The zero-order valence-electron chi connectivity index (χ0n) is 9.89. The minimum atomic E-state index is 0.197. The SMILES string of the molecule is COc1ccc(Cl)cc1SSc1cc(Cl)ccc1O. The number of methoxy groups -OCH3 is 1. The first-order chi connectivity index (χ1) is 9.10. The molecule has 2 aromatic rings. The van der Waals surface area contributed by atoms with Crippen LogP contribution in [0.5, 0.6) is 11.5 Å². The molecule has 0 spiro atoms. The molecule has 1 N–H and O–H groups in total. The fourth-order valence-electron chi connectivity index (χ4n) is 1.36. The minimum Gasteiger partial charge on any atom is -0.507 e. The number of halogens is 2. The van der Waals surface area contributed by atoms with Crippen LogP contribution in [0.15, 0.2) is 46.2 Å². The van der Waals surface area contributed by atoms with E-state index in [4.69, 9.17) is 27.9 Å². The van der Waals surface area contributed by atoms with E-state index >= 15 is 0 Å². The van der Waals surface area contributed by atoms with Crippen LogP contribution in [0.4, 0.5) is 0 Å². The van der Waals surface area contributed by atoms with E-state index in [2.05, 4.69) is 0 Å². The van der Waals surface area contributed by atoms with Gasteiger partial charge < -0.3 is 9.84 Å². The number of benzene rings is 2. The van der Waals surface area contributed by atoms with Gasteiger partial charge in [0.05, 0.1) is 16.9 Å². The maximum atomic E-state index is 9.74. The molecule has 0 radical (unpaired) electrons. The molecule has 0 saturated carbocycles. The number of hydrogen-bond donors (Lipinski definition) is 1. The second-order valence-corrected chi connectivity index (χ2v) is 6.66. The van der Waals surface area contributed by atoms with Crippen molar-refractivity contribution in [3.8, 4) is 11.5 Å². The van der Waals surface area contributed by atoms with Crippen molar-refractivity contribution in [3.63, 3.8) is 0 Å². The van der Waals surface area contributed by atoms with Gasteiger partial charge in [-0.3, -0.25) is 0 Å². The predicted octanol–water partition coefficient (Wildman–Crippen LogP) is 5.51. The molecule has 0 bridgehead atoms. The number of aromatic hydroxyl groups is 1. The lowest BCUT2D eigenvalue weighted by Gasteiger charge is -2.08. The molecule has 0 aromatic heterocycles. The maximum absolute atomic E-state index is 9.74. The first-order valence-corrected chi connectivity index (χ1v) is 8.17. The van der Waals surface area contributed by atoms with E-state index < -0.39 is 0 Å². The third-order valence-corrected chi connectivity index (χ3v) is 5.15. The molecule has 2 nitrogen and oxygen atoms in total. The second-order valence-electron chi connectivity index (χ2n) is 3.57. The Balaban J connectivity index is 2.18. The lowest BCUT2D eigenvalue weighted by atomic mass is 10.3. The van der Waals surface area contributed by atoms with Crippen molar-refractivity contribution in [2.24, 2.45) is 0 Å². The van der Waals surface area contributed by atoms with E-state index in [0.29, 0.717) is 14.9 Å². The third-order valence-electron chi connectivity index (χ3n) is 2.27. The number of phenols is 1. The van der Waals surface area contributed by atoms with Crippen LogP contribution in [-0.4, -0.2) is 12.2 Å². The Kier molecular flexibility index (Phi) is 5.16. The fourth-order valence-corrected chi connectivity index (χ4v) is 4.08. The van der Waals surface area contributed by atoms with Gasteiger partial charge in [0.2, 0.25) is 0 Å². The summed E-state index contributed by atoms with van der Waals surface area (Å²) in [6, 6.07) is 10.3. The van der Waals surface area contributed by atoms with Crippen molar-refractivity contribution in [2.45, 2.75) is 9.79 Å². The fraction of sp³-hybridized carbons (Fsp3) is 0.0769. The van der Waals surface area contributed by atoms with Crippen molar-refractivity contribution in [2.75, 3.05) is 7.11 Å². The highest BCUT2D eigenvalue weighted by Gasteiger charge is 2.08. The number of hydrogen-bond acceptors (Lipinski definition) is 4. The Morgan fingerprint density at radius 2 is 1.53 bits per heavy atom. The third kappa shape index (κ3) is 3.89. The van der Waals surface area contributed by atoms with E-state index in [9.17, 15) is 5.11 Å². The quantitative estimate of drug-likeness (QED) is 0.748. The Morgan fingerprint density at radius 1 is 0.947 bits per heavy atom. The first-order valence-electron chi connectivity index (χ1n) is 5.26. The normalized spacial score (nSPS) is 10.5. The monoisotopic (exact) mass is 332 g/mol. The molecule has 0 saturated heterocycles. The van der Waals surface area contributed by atoms with Gasteiger partial charge in [0.1, 0.15) is 11.5 Å². The predicted molar refractivity (Wildman–Crippen MR) is 82.8 cm³/mol. The summed E-state index contributed by atoms with van der Waals surface area (Å²) < 4.78 is 5.26. The summed E-state index contributed by atoms with van der Waals surface area (Å²) in [4.78, 5) is 1.58. The largest absolute Gasteiger partial charge is 0.507 e. The van der Waals surface area contributed by atoms with Gasteiger partial charge in [0, 0.05) is 10.0 Å². The van der Waals surface area contributed by atoms with Gasteiger partial charge in [-0.1, -0.05) is 23.2 Å². The summed E-state index contributed by atoms with van der Waals surface area (Å²) >= 11 is 11.9. The van der Waals surface area contributed by atoms with Gasteiger partial charge in [-0.05, 0) is 58.0 Å². The van der Waals surface area contributed by atoms with Crippen molar-refractivity contribution in [1.82, 2.24) is 0 Å². The number of rotatable bonds is 4. The lowest BCUT2D eigenvalue weighted by molar-refractivity contribution is 0.405. The van der Waals surface area contributed by atoms with Gasteiger partial charge in [-0.2, -0.15) is 0 Å². The molecule has 6 heteroatoms. The topological polar surface area (TPSA) is 29.5 Å². The Hall–Kier alpha value is -0.680.